The molecule has 0 spiro atoms. The summed E-state index contributed by atoms with van der Waals surface area (Å²) in [5, 5.41) is 2.88. The van der Waals surface area contributed by atoms with Crippen LogP contribution in [0.1, 0.15) is 22.3 Å². The number of hydrogen-bond donors (Lipinski definition) is 1. The van der Waals surface area contributed by atoms with Gasteiger partial charge in [-0.15, -0.1) is 0 Å². The molecule has 1 aromatic carbocycles. The predicted molar refractivity (Wildman–Crippen MR) is 126 cm³/mol. The highest BCUT2D eigenvalue weighted by Gasteiger charge is 2.24. The molecule has 0 aliphatic carbocycles. The van der Waals surface area contributed by atoms with Crippen molar-refractivity contribution in [1.82, 2.24) is 19.7 Å². The van der Waals surface area contributed by atoms with Gasteiger partial charge in [-0.05, 0) is 35.3 Å². The highest BCUT2D eigenvalue weighted by atomic mass is 16.5. The van der Waals surface area contributed by atoms with Crippen molar-refractivity contribution in [3.05, 3.63) is 64.9 Å². The molecule has 172 valence electrons. The van der Waals surface area contributed by atoms with Gasteiger partial charge in [-0.2, -0.15) is 0 Å². The number of hydrogen-bond acceptors (Lipinski definition) is 5. The Balaban J connectivity index is 1.21. The molecule has 0 bridgehead atoms. The fraction of sp³-hybridized carbons (Fsp3) is 0.400. The Morgan fingerprint density at radius 1 is 1.06 bits per heavy atom. The van der Waals surface area contributed by atoms with Gasteiger partial charge in [0, 0.05) is 57.1 Å². The van der Waals surface area contributed by atoms with Crippen molar-refractivity contribution >= 4 is 23.8 Å². The second-order valence-electron chi connectivity index (χ2n) is 8.69. The number of amides is 3. The van der Waals surface area contributed by atoms with Crippen molar-refractivity contribution in [3.63, 3.8) is 0 Å². The van der Waals surface area contributed by atoms with E-state index in [1.54, 1.807) is 12.3 Å². The lowest BCUT2D eigenvalue weighted by Crippen LogP contribution is -2.45. The standard InChI is InChI=1S/C25H29N5O3/c31-23(29-8-7-20-3-1-2-4-21(20)17-29)6-5-19-15-22-18-30(25(32)27-24(22)26-16-19)10-9-28-11-13-33-14-12-28/h1-6,15-16H,7-14,17-18H2,(H,26,27,32)/b6-5+. The first kappa shape index (κ1) is 21.6. The summed E-state index contributed by atoms with van der Waals surface area (Å²) in [6.45, 7) is 6.66. The van der Waals surface area contributed by atoms with Gasteiger partial charge in [0.1, 0.15) is 5.82 Å². The Bertz CT molecular complexity index is 1060. The van der Waals surface area contributed by atoms with Gasteiger partial charge in [-0.25, -0.2) is 9.78 Å². The summed E-state index contributed by atoms with van der Waals surface area (Å²) in [6, 6.07) is 10.2. The molecule has 1 saturated heterocycles. The van der Waals surface area contributed by atoms with E-state index in [4.69, 9.17) is 4.74 Å². The molecule has 3 aliphatic rings. The molecule has 1 aromatic heterocycles. The van der Waals surface area contributed by atoms with Crippen molar-refractivity contribution in [2.24, 2.45) is 0 Å². The van der Waals surface area contributed by atoms with Crippen LogP contribution in [-0.2, 0) is 29.0 Å². The zero-order valence-corrected chi connectivity index (χ0v) is 18.7. The molecule has 0 atom stereocenters. The number of carbonyl (C=O) groups is 2. The van der Waals surface area contributed by atoms with Crippen LogP contribution >= 0.6 is 0 Å². The number of carbonyl (C=O) groups excluding carboxylic acids is 2. The number of anilines is 1. The summed E-state index contributed by atoms with van der Waals surface area (Å²) in [5.74, 6) is 0.599. The minimum atomic E-state index is -0.118. The molecule has 3 amide bonds. The molecule has 0 unspecified atom stereocenters. The Kier molecular flexibility index (Phi) is 6.37. The summed E-state index contributed by atoms with van der Waals surface area (Å²) < 4.78 is 5.39. The Hall–Kier alpha value is -3.23. The van der Waals surface area contributed by atoms with E-state index in [1.807, 2.05) is 34.1 Å². The quantitative estimate of drug-likeness (QED) is 0.712. The van der Waals surface area contributed by atoms with Gasteiger partial charge in [0.15, 0.2) is 0 Å². The van der Waals surface area contributed by atoms with Crippen LogP contribution in [0, 0.1) is 0 Å². The van der Waals surface area contributed by atoms with Crippen molar-refractivity contribution < 1.29 is 14.3 Å². The van der Waals surface area contributed by atoms with Crippen molar-refractivity contribution in [2.45, 2.75) is 19.5 Å². The van der Waals surface area contributed by atoms with E-state index in [0.29, 0.717) is 25.5 Å². The average molecular weight is 448 g/mol. The number of pyridine rings is 1. The van der Waals surface area contributed by atoms with Crippen molar-refractivity contribution in [3.8, 4) is 0 Å². The van der Waals surface area contributed by atoms with Gasteiger partial charge < -0.3 is 14.5 Å². The van der Waals surface area contributed by atoms with Crippen LogP contribution in [0.2, 0.25) is 0 Å². The summed E-state index contributed by atoms with van der Waals surface area (Å²) in [5.41, 5.74) is 4.35. The van der Waals surface area contributed by atoms with E-state index in [-0.39, 0.29) is 11.9 Å². The average Bonchev–Trinajstić information content (AvgIpc) is 2.86. The Labute approximate surface area is 193 Å². The van der Waals surface area contributed by atoms with E-state index in [1.165, 1.54) is 11.1 Å². The third kappa shape index (κ3) is 5.07. The van der Waals surface area contributed by atoms with Crippen molar-refractivity contribution in [2.75, 3.05) is 51.3 Å². The molecule has 3 aliphatic heterocycles. The van der Waals surface area contributed by atoms with Crippen LogP contribution in [0.5, 0.6) is 0 Å². The van der Waals surface area contributed by atoms with Gasteiger partial charge in [0.05, 0.1) is 19.8 Å². The number of urea groups is 1. The number of rotatable bonds is 5. The first-order chi connectivity index (χ1) is 16.2. The van der Waals surface area contributed by atoms with Gasteiger partial charge in [0.25, 0.3) is 0 Å². The highest BCUT2D eigenvalue weighted by Crippen LogP contribution is 2.23. The minimum absolute atomic E-state index is 0.00247. The largest absolute Gasteiger partial charge is 0.379 e. The van der Waals surface area contributed by atoms with Crippen LogP contribution in [0.4, 0.5) is 10.6 Å². The minimum Gasteiger partial charge on any atom is -0.379 e. The molecule has 0 radical (unpaired) electrons. The first-order valence-electron chi connectivity index (χ1n) is 11.5. The number of morpholine rings is 1. The van der Waals surface area contributed by atoms with Crippen molar-refractivity contribution in [1.29, 1.82) is 0 Å². The lowest BCUT2D eigenvalue weighted by atomic mass is 10.00. The third-order valence-electron chi connectivity index (χ3n) is 6.51. The predicted octanol–water partition coefficient (Wildman–Crippen LogP) is 2.36. The van der Waals surface area contributed by atoms with E-state index in [2.05, 4.69) is 27.3 Å². The molecule has 8 nitrogen and oxygen atoms in total. The molecule has 5 rings (SSSR count). The van der Waals surface area contributed by atoms with Gasteiger partial charge in [0.2, 0.25) is 5.91 Å². The summed E-state index contributed by atoms with van der Waals surface area (Å²) >= 11 is 0. The molecule has 1 N–H and O–H groups in total. The van der Waals surface area contributed by atoms with Crippen LogP contribution in [-0.4, -0.2) is 77.6 Å². The normalized spacial score (nSPS) is 18.7. The smallest absolute Gasteiger partial charge is 0.323 e. The lowest BCUT2D eigenvalue weighted by Gasteiger charge is -2.32. The van der Waals surface area contributed by atoms with Gasteiger partial charge in [-0.3, -0.25) is 15.0 Å². The molecular weight excluding hydrogens is 418 g/mol. The monoisotopic (exact) mass is 447 g/mol. The SMILES string of the molecule is O=C(/C=C/c1cnc2c(c1)CN(CCN1CCOCC1)C(=O)N2)N1CCc2ccccc2C1. The Morgan fingerprint density at radius 3 is 2.73 bits per heavy atom. The molecule has 8 heteroatoms. The summed E-state index contributed by atoms with van der Waals surface area (Å²) in [7, 11) is 0. The van der Waals surface area contributed by atoms with Gasteiger partial charge in [-0.1, -0.05) is 24.3 Å². The van der Waals surface area contributed by atoms with Crippen LogP contribution in [0.25, 0.3) is 6.08 Å². The molecule has 1 fully saturated rings. The van der Waals surface area contributed by atoms with E-state index >= 15 is 0 Å². The fourth-order valence-electron chi connectivity index (χ4n) is 4.54. The zero-order valence-electron chi connectivity index (χ0n) is 18.7. The Morgan fingerprint density at radius 2 is 1.88 bits per heavy atom. The van der Waals surface area contributed by atoms with Crippen LogP contribution in [0.15, 0.2) is 42.6 Å². The number of fused-ring (bicyclic) bond motifs is 2. The number of benzene rings is 1. The second kappa shape index (κ2) is 9.72. The fourth-order valence-corrected chi connectivity index (χ4v) is 4.54. The second-order valence-corrected chi connectivity index (χ2v) is 8.69. The topological polar surface area (TPSA) is 78.0 Å². The maximum Gasteiger partial charge on any atom is 0.323 e. The lowest BCUT2D eigenvalue weighted by molar-refractivity contribution is -0.126. The van der Waals surface area contributed by atoms with Crippen LogP contribution < -0.4 is 5.32 Å². The first-order valence-corrected chi connectivity index (χ1v) is 11.5. The molecular formula is C25H29N5O3. The molecule has 33 heavy (non-hydrogen) atoms. The number of nitrogens with one attached hydrogen (secondary N) is 1. The molecule has 0 saturated carbocycles. The summed E-state index contributed by atoms with van der Waals surface area (Å²) in [4.78, 5) is 35.6. The van der Waals surface area contributed by atoms with E-state index in [9.17, 15) is 9.59 Å². The highest BCUT2D eigenvalue weighted by molar-refractivity contribution is 5.93. The summed E-state index contributed by atoms with van der Waals surface area (Å²) in [6.07, 6.45) is 6.01. The number of ether oxygens (including phenoxy) is 1. The van der Waals surface area contributed by atoms with Gasteiger partial charge >= 0.3 is 6.03 Å². The molecule has 4 heterocycles. The molecule has 2 aromatic rings. The van der Waals surface area contributed by atoms with Crippen LogP contribution in [0.3, 0.4) is 0 Å². The van der Waals surface area contributed by atoms with E-state index < -0.39 is 0 Å². The maximum atomic E-state index is 12.7. The maximum absolute atomic E-state index is 12.7. The van der Waals surface area contributed by atoms with E-state index in [0.717, 1.165) is 56.9 Å². The number of aromatic nitrogens is 1. The third-order valence-corrected chi connectivity index (χ3v) is 6.51. The zero-order chi connectivity index (χ0) is 22.6. The number of nitrogens with zero attached hydrogens (tertiary/aromatic N) is 4.